The average molecular weight is 375 g/mol. The molecule has 0 aliphatic heterocycles. The molecule has 26 heavy (non-hydrogen) atoms. The minimum absolute atomic E-state index is 0.181. The van der Waals surface area contributed by atoms with E-state index in [0.717, 1.165) is 26.6 Å². The minimum atomic E-state index is -3.69. The van der Waals surface area contributed by atoms with Crippen molar-refractivity contribution in [3.63, 3.8) is 0 Å². The average Bonchev–Trinajstić information content (AvgIpc) is 2.57. The zero-order valence-electron chi connectivity index (χ0n) is 15.9. The first-order valence-corrected chi connectivity index (χ1v) is 9.95. The predicted molar refractivity (Wildman–Crippen MR) is 103 cm³/mol. The molecule has 0 unspecified atom stereocenters. The van der Waals surface area contributed by atoms with Crippen molar-refractivity contribution in [1.29, 1.82) is 0 Å². The first kappa shape index (κ1) is 20.1. The lowest BCUT2D eigenvalue weighted by Crippen LogP contribution is -2.39. The van der Waals surface area contributed by atoms with Gasteiger partial charge in [-0.2, -0.15) is 4.31 Å². The van der Waals surface area contributed by atoms with Crippen LogP contribution in [0, 0.1) is 20.8 Å². The maximum atomic E-state index is 12.6. The van der Waals surface area contributed by atoms with Gasteiger partial charge in [0.1, 0.15) is 0 Å². The fourth-order valence-corrected chi connectivity index (χ4v) is 3.90. The second-order valence-corrected chi connectivity index (χ2v) is 8.77. The summed E-state index contributed by atoms with van der Waals surface area (Å²) in [6.07, 6.45) is 0. The summed E-state index contributed by atoms with van der Waals surface area (Å²) >= 11 is 0. The largest absolute Gasteiger partial charge is 0.348 e. The number of hydrogen-bond acceptors (Lipinski definition) is 3. The molecule has 5 nitrogen and oxygen atoms in total. The van der Waals surface area contributed by atoms with Gasteiger partial charge >= 0.3 is 0 Å². The number of sulfonamides is 1. The van der Waals surface area contributed by atoms with Gasteiger partial charge in [0.2, 0.25) is 15.9 Å². The van der Waals surface area contributed by atoms with Crippen LogP contribution < -0.4 is 5.32 Å². The highest BCUT2D eigenvalue weighted by Crippen LogP contribution is 2.19. The Balaban J connectivity index is 2.06. The lowest BCUT2D eigenvalue weighted by atomic mass is 10.00. The first-order valence-electron chi connectivity index (χ1n) is 8.51. The predicted octanol–water partition coefficient (Wildman–Crippen LogP) is 3.11. The standard InChI is InChI=1S/C20H26N2O3S/c1-14-7-10-18(11-8-14)26(24,25)22(5)13-20(23)21-17(4)19-12-15(2)6-9-16(19)3/h6-12,17H,13H2,1-5H3,(H,21,23)/t17-/m1/s1. The van der Waals surface area contributed by atoms with Gasteiger partial charge in [-0.3, -0.25) is 4.79 Å². The molecule has 0 saturated heterocycles. The van der Waals surface area contributed by atoms with Crippen molar-refractivity contribution >= 4 is 15.9 Å². The van der Waals surface area contributed by atoms with Crippen LogP contribution in [0.25, 0.3) is 0 Å². The lowest BCUT2D eigenvalue weighted by molar-refractivity contribution is -0.121. The Hall–Kier alpha value is -2.18. The Morgan fingerprint density at radius 2 is 1.62 bits per heavy atom. The van der Waals surface area contributed by atoms with Crippen LogP contribution in [0.1, 0.15) is 35.2 Å². The molecule has 2 aromatic rings. The van der Waals surface area contributed by atoms with E-state index >= 15 is 0 Å². The van der Waals surface area contributed by atoms with Crippen molar-refractivity contribution < 1.29 is 13.2 Å². The summed E-state index contributed by atoms with van der Waals surface area (Å²) < 4.78 is 26.2. The first-order chi connectivity index (χ1) is 12.1. The van der Waals surface area contributed by atoms with Gasteiger partial charge in [0, 0.05) is 7.05 Å². The van der Waals surface area contributed by atoms with Crippen LogP contribution in [0.4, 0.5) is 0 Å². The van der Waals surface area contributed by atoms with Crippen LogP contribution in [0.15, 0.2) is 47.4 Å². The molecule has 1 amide bonds. The second-order valence-electron chi connectivity index (χ2n) is 6.72. The summed E-state index contributed by atoms with van der Waals surface area (Å²) in [5, 5.41) is 2.88. The fourth-order valence-electron chi connectivity index (χ4n) is 2.77. The SMILES string of the molecule is Cc1ccc(S(=O)(=O)N(C)CC(=O)N[C@H](C)c2cc(C)ccc2C)cc1. The van der Waals surface area contributed by atoms with Crippen LogP contribution in [0.3, 0.4) is 0 Å². The highest BCUT2D eigenvalue weighted by atomic mass is 32.2. The van der Waals surface area contributed by atoms with E-state index in [-0.39, 0.29) is 23.4 Å². The van der Waals surface area contributed by atoms with Gasteiger partial charge in [0.25, 0.3) is 0 Å². The zero-order valence-corrected chi connectivity index (χ0v) is 16.7. The van der Waals surface area contributed by atoms with Crippen molar-refractivity contribution in [1.82, 2.24) is 9.62 Å². The summed E-state index contributed by atoms with van der Waals surface area (Å²) in [6.45, 7) is 7.55. The van der Waals surface area contributed by atoms with Gasteiger partial charge < -0.3 is 5.32 Å². The molecule has 0 saturated carbocycles. The summed E-state index contributed by atoms with van der Waals surface area (Å²) in [5.74, 6) is -0.336. The van der Waals surface area contributed by atoms with Crippen molar-refractivity contribution in [3.05, 3.63) is 64.7 Å². The van der Waals surface area contributed by atoms with E-state index in [0.29, 0.717) is 0 Å². The van der Waals surface area contributed by atoms with Gasteiger partial charge in [0.05, 0.1) is 17.5 Å². The number of carbonyl (C=O) groups excluding carboxylic acids is 1. The topological polar surface area (TPSA) is 66.5 Å². The van der Waals surface area contributed by atoms with E-state index in [1.165, 1.54) is 7.05 Å². The van der Waals surface area contributed by atoms with E-state index in [1.54, 1.807) is 24.3 Å². The molecule has 2 aromatic carbocycles. The van der Waals surface area contributed by atoms with Crippen molar-refractivity contribution in [3.8, 4) is 0 Å². The molecule has 0 aromatic heterocycles. The van der Waals surface area contributed by atoms with E-state index in [2.05, 4.69) is 5.32 Å². The monoisotopic (exact) mass is 374 g/mol. The number of benzene rings is 2. The van der Waals surface area contributed by atoms with Crippen molar-refractivity contribution in [2.24, 2.45) is 0 Å². The third-order valence-corrected chi connectivity index (χ3v) is 6.19. The molecule has 0 aliphatic rings. The fraction of sp³-hybridized carbons (Fsp3) is 0.350. The van der Waals surface area contributed by atoms with Gasteiger partial charge in [0.15, 0.2) is 0 Å². The molecule has 6 heteroatoms. The molecule has 0 radical (unpaired) electrons. The number of nitrogens with one attached hydrogen (secondary N) is 1. The molecule has 0 aliphatic carbocycles. The highest BCUT2D eigenvalue weighted by Gasteiger charge is 2.23. The maximum Gasteiger partial charge on any atom is 0.243 e. The van der Waals surface area contributed by atoms with Gasteiger partial charge in [-0.05, 0) is 51.0 Å². The molecule has 0 bridgehead atoms. The van der Waals surface area contributed by atoms with Crippen LogP contribution in [-0.4, -0.2) is 32.2 Å². The Morgan fingerprint density at radius 3 is 2.23 bits per heavy atom. The summed E-state index contributed by atoms with van der Waals surface area (Å²) in [6, 6.07) is 12.5. The lowest BCUT2D eigenvalue weighted by Gasteiger charge is -2.20. The van der Waals surface area contributed by atoms with Crippen molar-refractivity contribution in [2.75, 3.05) is 13.6 Å². The van der Waals surface area contributed by atoms with Gasteiger partial charge in [-0.25, -0.2) is 8.42 Å². The molecule has 140 valence electrons. The molecule has 2 rings (SSSR count). The Morgan fingerprint density at radius 1 is 1.04 bits per heavy atom. The molecular weight excluding hydrogens is 348 g/mol. The smallest absolute Gasteiger partial charge is 0.243 e. The molecule has 0 heterocycles. The Labute approximate surface area is 156 Å². The van der Waals surface area contributed by atoms with Gasteiger partial charge in [-0.15, -0.1) is 0 Å². The summed E-state index contributed by atoms with van der Waals surface area (Å²) in [5.41, 5.74) is 4.21. The zero-order chi connectivity index (χ0) is 19.5. The van der Waals surface area contributed by atoms with E-state index in [9.17, 15) is 13.2 Å². The van der Waals surface area contributed by atoms with E-state index in [4.69, 9.17) is 0 Å². The molecule has 0 fully saturated rings. The number of aryl methyl sites for hydroxylation is 3. The molecule has 1 atom stereocenters. The Kier molecular flexibility index (Phi) is 6.21. The van der Waals surface area contributed by atoms with Crippen LogP contribution in [-0.2, 0) is 14.8 Å². The van der Waals surface area contributed by atoms with Crippen LogP contribution in [0.5, 0.6) is 0 Å². The van der Waals surface area contributed by atoms with E-state index < -0.39 is 10.0 Å². The number of rotatable bonds is 6. The van der Waals surface area contributed by atoms with Crippen LogP contribution in [0.2, 0.25) is 0 Å². The quantitative estimate of drug-likeness (QED) is 0.845. The third kappa shape index (κ3) is 4.71. The summed E-state index contributed by atoms with van der Waals surface area (Å²) in [7, 11) is -2.28. The molecule has 1 N–H and O–H groups in total. The van der Waals surface area contributed by atoms with Crippen molar-refractivity contribution in [2.45, 2.75) is 38.6 Å². The highest BCUT2D eigenvalue weighted by molar-refractivity contribution is 7.89. The number of nitrogens with zero attached hydrogens (tertiary/aromatic N) is 1. The maximum absolute atomic E-state index is 12.6. The second kappa shape index (κ2) is 8.01. The Bertz CT molecular complexity index is 890. The third-order valence-electron chi connectivity index (χ3n) is 4.37. The number of hydrogen-bond donors (Lipinski definition) is 1. The summed E-state index contributed by atoms with van der Waals surface area (Å²) in [4.78, 5) is 12.5. The number of likely N-dealkylation sites (N-methyl/N-ethyl adjacent to an activating group) is 1. The van der Waals surface area contributed by atoms with E-state index in [1.807, 2.05) is 45.9 Å². The molecule has 0 spiro atoms. The van der Waals surface area contributed by atoms with Gasteiger partial charge in [-0.1, -0.05) is 41.5 Å². The number of amides is 1. The number of carbonyl (C=O) groups is 1. The normalized spacial score (nSPS) is 12.8. The molecular formula is C20H26N2O3S. The minimum Gasteiger partial charge on any atom is -0.348 e. The van der Waals surface area contributed by atoms with Crippen LogP contribution >= 0.6 is 0 Å².